The average Bonchev–Trinajstić information content (AvgIpc) is 3.01. The highest BCUT2D eigenvalue weighted by Crippen LogP contribution is 2.43. The van der Waals surface area contributed by atoms with Crippen LogP contribution in [0.15, 0.2) is 44.0 Å². The lowest BCUT2D eigenvalue weighted by atomic mass is 9.98. The van der Waals surface area contributed by atoms with E-state index in [1.54, 1.807) is 12.1 Å². The molecule has 1 N–H and O–H groups in total. The molecule has 1 aliphatic heterocycles. The number of ether oxygens (including phenoxy) is 2. The van der Waals surface area contributed by atoms with Gasteiger partial charge in [-0.3, -0.25) is 9.59 Å². The van der Waals surface area contributed by atoms with Crippen molar-refractivity contribution < 1.29 is 28.2 Å². The summed E-state index contributed by atoms with van der Waals surface area (Å²) in [5.41, 5.74) is 0.258. The zero-order valence-electron chi connectivity index (χ0n) is 16.1. The molecule has 30 heavy (non-hydrogen) atoms. The summed E-state index contributed by atoms with van der Waals surface area (Å²) in [5, 5.41) is 10.2. The standard InChI is InChI=1S/C21H17BrFNO6/c1-28-6-5-24-17(10-7-13(22)19(26)15(8-10)29-2)16-18(25)12-9-11(23)3-4-14(12)30-20(16)21(24)27/h3-4,7-9,17,26H,5-6H2,1-2H3/t17-/m0/s1. The molecule has 1 atom stereocenters. The first-order chi connectivity index (χ1) is 14.4. The van der Waals surface area contributed by atoms with E-state index in [2.05, 4.69) is 15.9 Å². The van der Waals surface area contributed by atoms with Crippen molar-refractivity contribution in [2.24, 2.45) is 0 Å². The van der Waals surface area contributed by atoms with Gasteiger partial charge in [0.25, 0.3) is 5.91 Å². The van der Waals surface area contributed by atoms with Gasteiger partial charge in [0.05, 0.1) is 35.2 Å². The van der Waals surface area contributed by atoms with Gasteiger partial charge in [0.2, 0.25) is 5.76 Å². The number of rotatable bonds is 5. The van der Waals surface area contributed by atoms with Gasteiger partial charge in [-0.15, -0.1) is 0 Å². The van der Waals surface area contributed by atoms with E-state index >= 15 is 0 Å². The first kappa shape index (κ1) is 20.4. The number of aromatic hydroxyl groups is 1. The quantitative estimate of drug-likeness (QED) is 0.603. The number of hydrogen-bond donors (Lipinski definition) is 1. The molecule has 0 radical (unpaired) electrons. The Hall–Kier alpha value is -2.91. The van der Waals surface area contributed by atoms with Crippen molar-refractivity contribution in [2.45, 2.75) is 6.04 Å². The van der Waals surface area contributed by atoms with Crippen LogP contribution in [0.3, 0.4) is 0 Å². The molecule has 1 amide bonds. The van der Waals surface area contributed by atoms with E-state index in [4.69, 9.17) is 13.9 Å². The molecular weight excluding hydrogens is 461 g/mol. The first-order valence-corrected chi connectivity index (χ1v) is 9.79. The first-order valence-electron chi connectivity index (χ1n) is 9.00. The van der Waals surface area contributed by atoms with E-state index in [1.807, 2.05) is 0 Å². The fraction of sp³-hybridized carbons (Fsp3) is 0.238. The van der Waals surface area contributed by atoms with E-state index in [0.717, 1.165) is 6.07 Å². The molecule has 2 aromatic carbocycles. The lowest BCUT2D eigenvalue weighted by Gasteiger charge is -2.25. The highest BCUT2D eigenvalue weighted by molar-refractivity contribution is 9.10. The minimum Gasteiger partial charge on any atom is -0.503 e. The van der Waals surface area contributed by atoms with Crippen LogP contribution in [0.5, 0.6) is 11.5 Å². The molecule has 0 saturated heterocycles. The van der Waals surface area contributed by atoms with Gasteiger partial charge in [0.15, 0.2) is 16.9 Å². The Bertz CT molecular complexity index is 1220. The monoisotopic (exact) mass is 477 g/mol. The highest BCUT2D eigenvalue weighted by atomic mass is 79.9. The molecule has 4 rings (SSSR count). The lowest BCUT2D eigenvalue weighted by Crippen LogP contribution is -2.32. The van der Waals surface area contributed by atoms with Crippen LogP contribution in [-0.4, -0.2) is 43.3 Å². The smallest absolute Gasteiger partial charge is 0.290 e. The number of halogens is 2. The number of nitrogens with zero attached hydrogens (tertiary/aromatic N) is 1. The van der Waals surface area contributed by atoms with Crippen LogP contribution in [0.4, 0.5) is 4.39 Å². The van der Waals surface area contributed by atoms with Crippen LogP contribution in [0.2, 0.25) is 0 Å². The van der Waals surface area contributed by atoms with Crippen molar-refractivity contribution >= 4 is 32.8 Å². The Kier molecular flexibility index (Phi) is 5.25. The molecule has 7 nitrogen and oxygen atoms in total. The van der Waals surface area contributed by atoms with Crippen LogP contribution in [0, 0.1) is 5.82 Å². The summed E-state index contributed by atoms with van der Waals surface area (Å²) in [7, 11) is 2.90. The molecule has 0 saturated carbocycles. The van der Waals surface area contributed by atoms with Crippen LogP contribution >= 0.6 is 15.9 Å². The third kappa shape index (κ3) is 3.14. The molecule has 0 unspecified atom stereocenters. The van der Waals surface area contributed by atoms with Crippen LogP contribution in [0.1, 0.15) is 27.7 Å². The number of carbonyl (C=O) groups is 1. The molecule has 3 aromatic rings. The molecule has 0 spiro atoms. The number of methoxy groups -OCH3 is 2. The van der Waals surface area contributed by atoms with Crippen molar-refractivity contribution in [3.05, 3.63) is 67.7 Å². The van der Waals surface area contributed by atoms with Crippen LogP contribution < -0.4 is 10.2 Å². The predicted molar refractivity (Wildman–Crippen MR) is 110 cm³/mol. The molecule has 1 aromatic heterocycles. The summed E-state index contributed by atoms with van der Waals surface area (Å²) >= 11 is 3.27. The van der Waals surface area contributed by atoms with Crippen molar-refractivity contribution in [1.29, 1.82) is 0 Å². The average molecular weight is 478 g/mol. The van der Waals surface area contributed by atoms with E-state index in [0.29, 0.717) is 10.0 Å². The number of phenols is 1. The summed E-state index contributed by atoms with van der Waals surface area (Å²) in [4.78, 5) is 27.9. The predicted octanol–water partition coefficient (Wildman–Crippen LogP) is 3.60. The third-order valence-corrected chi connectivity index (χ3v) is 5.65. The van der Waals surface area contributed by atoms with E-state index in [1.165, 1.54) is 31.3 Å². The Morgan fingerprint density at radius 3 is 2.70 bits per heavy atom. The SMILES string of the molecule is COCCN1C(=O)c2oc3ccc(F)cc3c(=O)c2[C@@H]1c1cc(Br)c(O)c(OC)c1. The number of fused-ring (bicyclic) bond motifs is 2. The molecule has 0 fully saturated rings. The maximum Gasteiger partial charge on any atom is 0.290 e. The van der Waals surface area contributed by atoms with Gasteiger partial charge in [0, 0.05) is 13.7 Å². The number of benzene rings is 2. The molecule has 0 bridgehead atoms. The summed E-state index contributed by atoms with van der Waals surface area (Å²) in [6.07, 6.45) is 0. The van der Waals surface area contributed by atoms with E-state index in [9.17, 15) is 19.1 Å². The molecule has 2 heterocycles. The summed E-state index contributed by atoms with van der Waals surface area (Å²) < 4.78 is 30.2. The largest absolute Gasteiger partial charge is 0.503 e. The van der Waals surface area contributed by atoms with Crippen LogP contribution in [-0.2, 0) is 4.74 Å². The maximum absolute atomic E-state index is 13.8. The molecular formula is C21H17BrFNO6. The van der Waals surface area contributed by atoms with Crippen molar-refractivity contribution in [1.82, 2.24) is 4.90 Å². The second-order valence-electron chi connectivity index (χ2n) is 6.76. The highest BCUT2D eigenvalue weighted by Gasteiger charge is 2.43. The second kappa shape index (κ2) is 7.73. The van der Waals surface area contributed by atoms with E-state index in [-0.39, 0.29) is 46.9 Å². The Morgan fingerprint density at radius 2 is 2.00 bits per heavy atom. The fourth-order valence-corrected chi connectivity index (χ4v) is 4.13. The maximum atomic E-state index is 13.8. The van der Waals surface area contributed by atoms with Gasteiger partial charge >= 0.3 is 0 Å². The van der Waals surface area contributed by atoms with Gasteiger partial charge in [-0.2, -0.15) is 0 Å². The number of amides is 1. The summed E-state index contributed by atoms with van der Waals surface area (Å²) in [5.74, 6) is -1.09. The third-order valence-electron chi connectivity index (χ3n) is 5.05. The number of carbonyl (C=O) groups excluding carboxylic acids is 1. The fourth-order valence-electron chi connectivity index (χ4n) is 3.67. The molecule has 1 aliphatic rings. The Labute approximate surface area is 178 Å². The van der Waals surface area contributed by atoms with E-state index < -0.39 is 23.2 Å². The minimum absolute atomic E-state index is 0.0463. The Morgan fingerprint density at radius 1 is 1.23 bits per heavy atom. The Balaban J connectivity index is 2.00. The molecule has 9 heteroatoms. The summed E-state index contributed by atoms with van der Waals surface area (Å²) in [6.45, 7) is 0.421. The van der Waals surface area contributed by atoms with Gasteiger partial charge in [-0.25, -0.2) is 4.39 Å². The molecule has 0 aliphatic carbocycles. The van der Waals surface area contributed by atoms with Gasteiger partial charge in [0.1, 0.15) is 11.4 Å². The lowest BCUT2D eigenvalue weighted by molar-refractivity contribution is 0.0663. The van der Waals surface area contributed by atoms with Crippen molar-refractivity contribution in [2.75, 3.05) is 27.4 Å². The topological polar surface area (TPSA) is 89.2 Å². The minimum atomic E-state index is -0.822. The summed E-state index contributed by atoms with van der Waals surface area (Å²) in [6, 6.07) is 5.90. The van der Waals surface area contributed by atoms with Gasteiger partial charge in [-0.1, -0.05) is 0 Å². The zero-order valence-corrected chi connectivity index (χ0v) is 17.7. The van der Waals surface area contributed by atoms with Gasteiger partial charge in [-0.05, 0) is 51.8 Å². The number of phenolic OH excluding ortho intramolecular Hbond substituents is 1. The van der Waals surface area contributed by atoms with Crippen molar-refractivity contribution in [3.63, 3.8) is 0 Å². The van der Waals surface area contributed by atoms with Crippen molar-refractivity contribution in [3.8, 4) is 11.5 Å². The second-order valence-corrected chi connectivity index (χ2v) is 7.62. The zero-order chi connectivity index (χ0) is 21.6. The normalized spacial score (nSPS) is 15.7. The molecule has 156 valence electrons. The number of hydrogen-bond acceptors (Lipinski definition) is 6. The van der Waals surface area contributed by atoms with Crippen LogP contribution in [0.25, 0.3) is 11.0 Å². The van der Waals surface area contributed by atoms with Gasteiger partial charge < -0.3 is 23.9 Å².